The van der Waals surface area contributed by atoms with Crippen LogP contribution in [0.5, 0.6) is 0 Å². The van der Waals surface area contributed by atoms with Crippen LogP contribution in [0, 0.1) is 5.92 Å². The number of benzene rings is 1. The van der Waals surface area contributed by atoms with Gasteiger partial charge in [-0.25, -0.2) is 4.98 Å². The highest BCUT2D eigenvalue weighted by molar-refractivity contribution is 9.10. The van der Waals surface area contributed by atoms with Crippen LogP contribution in [-0.4, -0.2) is 46.3 Å². The molecule has 0 amide bonds. The van der Waals surface area contributed by atoms with Gasteiger partial charge in [-0.15, -0.1) is 0 Å². The number of hydrogen-bond acceptors (Lipinski definition) is 7. The van der Waals surface area contributed by atoms with E-state index in [1.807, 2.05) is 4.57 Å². The lowest BCUT2D eigenvalue weighted by Crippen LogP contribution is -2.38. The summed E-state index contributed by atoms with van der Waals surface area (Å²) in [5.41, 5.74) is 1.25. The van der Waals surface area contributed by atoms with Crippen LogP contribution in [0.15, 0.2) is 16.9 Å². The van der Waals surface area contributed by atoms with Gasteiger partial charge in [0.2, 0.25) is 0 Å². The van der Waals surface area contributed by atoms with E-state index in [2.05, 4.69) is 20.9 Å². The van der Waals surface area contributed by atoms with Gasteiger partial charge in [0.15, 0.2) is 10.8 Å². The Balaban J connectivity index is 2.09. The van der Waals surface area contributed by atoms with Crippen molar-refractivity contribution in [2.45, 2.75) is 45.4 Å². The Morgan fingerprint density at radius 2 is 1.67 bits per heavy atom. The molecule has 0 radical (unpaired) electrons. The minimum Gasteiger partial charge on any atom is -0.465 e. The third-order valence-corrected chi connectivity index (χ3v) is 6.12. The van der Waals surface area contributed by atoms with Crippen LogP contribution in [0.3, 0.4) is 0 Å². The highest BCUT2D eigenvalue weighted by Gasteiger charge is 2.50. The third-order valence-electron chi connectivity index (χ3n) is 4.84. The van der Waals surface area contributed by atoms with E-state index in [1.54, 1.807) is 12.1 Å². The highest BCUT2D eigenvalue weighted by Crippen LogP contribution is 2.43. The SMILES string of the molecule is CC(=O)OC[C@@H]1C[C@H](n2c(Br)nc3cc(Cl)c(Cl)cc32)[C@@H](OC(C)=O)C1OC(C)=O. The van der Waals surface area contributed by atoms with Crippen molar-refractivity contribution in [1.29, 1.82) is 0 Å². The van der Waals surface area contributed by atoms with E-state index in [1.165, 1.54) is 20.8 Å². The lowest BCUT2D eigenvalue weighted by Gasteiger charge is -2.27. The predicted molar refractivity (Wildman–Crippen MR) is 112 cm³/mol. The fourth-order valence-electron chi connectivity index (χ4n) is 3.77. The van der Waals surface area contributed by atoms with Crippen molar-refractivity contribution in [3.8, 4) is 0 Å². The molecule has 2 aromatic rings. The molecular weight excluding hydrogens is 503 g/mol. The van der Waals surface area contributed by atoms with Crippen LogP contribution in [0.2, 0.25) is 10.0 Å². The first-order valence-electron chi connectivity index (χ1n) is 9.08. The summed E-state index contributed by atoms with van der Waals surface area (Å²) in [7, 11) is 0. The smallest absolute Gasteiger partial charge is 0.303 e. The molecule has 0 saturated heterocycles. The topological polar surface area (TPSA) is 96.7 Å². The average Bonchev–Trinajstić information content (AvgIpc) is 3.10. The van der Waals surface area contributed by atoms with E-state index < -0.39 is 36.2 Å². The molecule has 162 valence electrons. The predicted octanol–water partition coefficient (Wildman–Crippen LogP) is 4.09. The first kappa shape index (κ1) is 22.8. The summed E-state index contributed by atoms with van der Waals surface area (Å²) in [5, 5.41) is 0.697. The van der Waals surface area contributed by atoms with Gasteiger partial charge in [-0.2, -0.15) is 0 Å². The monoisotopic (exact) mass is 520 g/mol. The molecule has 3 rings (SSSR count). The Kier molecular flexibility index (Phi) is 6.94. The van der Waals surface area contributed by atoms with Gasteiger partial charge >= 0.3 is 17.9 Å². The van der Waals surface area contributed by atoms with Gasteiger partial charge in [-0.1, -0.05) is 23.2 Å². The van der Waals surface area contributed by atoms with Crippen molar-refractivity contribution in [3.05, 3.63) is 26.9 Å². The number of aromatic nitrogens is 2. The molecule has 0 aliphatic heterocycles. The second kappa shape index (κ2) is 9.11. The zero-order valence-electron chi connectivity index (χ0n) is 16.4. The van der Waals surface area contributed by atoms with Gasteiger partial charge < -0.3 is 18.8 Å². The lowest BCUT2D eigenvalue weighted by molar-refractivity contribution is -0.168. The molecule has 11 heteroatoms. The maximum Gasteiger partial charge on any atom is 0.303 e. The fraction of sp³-hybridized carbons (Fsp3) is 0.474. The standard InChI is InChI=1S/C19H19BrCl2N2O6/c1-8(25)28-7-11-4-16(18(30-10(3)27)17(11)29-9(2)26)24-15-6-13(22)12(21)5-14(15)23-19(24)20/h5-6,11,16-18H,4,7H2,1-3H3/t11-,16-,17?,18+/m0/s1. The molecule has 1 aromatic carbocycles. The maximum atomic E-state index is 11.8. The summed E-state index contributed by atoms with van der Waals surface area (Å²) >= 11 is 15.8. The third kappa shape index (κ3) is 4.73. The van der Waals surface area contributed by atoms with Crippen molar-refractivity contribution >= 4 is 68.1 Å². The Morgan fingerprint density at radius 3 is 2.27 bits per heavy atom. The van der Waals surface area contributed by atoms with Crippen LogP contribution >= 0.6 is 39.1 Å². The van der Waals surface area contributed by atoms with Crippen LogP contribution in [0.25, 0.3) is 11.0 Å². The Labute approximate surface area is 190 Å². The van der Waals surface area contributed by atoms with Crippen LogP contribution in [0.1, 0.15) is 33.2 Å². The summed E-state index contributed by atoms with van der Waals surface area (Å²) in [6.45, 7) is 3.85. The van der Waals surface area contributed by atoms with E-state index in [0.29, 0.717) is 32.2 Å². The zero-order valence-corrected chi connectivity index (χ0v) is 19.5. The number of imidazole rings is 1. The quantitative estimate of drug-likeness (QED) is 0.431. The Bertz CT molecular complexity index is 1010. The second-order valence-corrected chi connectivity index (χ2v) is 8.54. The average molecular weight is 522 g/mol. The first-order chi connectivity index (χ1) is 14.1. The van der Waals surface area contributed by atoms with E-state index in [9.17, 15) is 14.4 Å². The summed E-state index contributed by atoms with van der Waals surface area (Å²) in [4.78, 5) is 39.4. The molecule has 8 nitrogen and oxygen atoms in total. The van der Waals surface area contributed by atoms with Crippen molar-refractivity contribution in [2.75, 3.05) is 6.61 Å². The number of nitrogens with zero attached hydrogens (tertiary/aromatic N) is 2. The van der Waals surface area contributed by atoms with Crippen molar-refractivity contribution in [1.82, 2.24) is 9.55 Å². The molecule has 0 spiro atoms. The van der Waals surface area contributed by atoms with Gasteiger partial charge in [-0.05, 0) is 34.5 Å². The van der Waals surface area contributed by atoms with Gasteiger partial charge in [0.05, 0.1) is 33.7 Å². The molecule has 1 unspecified atom stereocenters. The second-order valence-electron chi connectivity index (χ2n) is 7.02. The molecule has 1 aliphatic carbocycles. The fourth-order valence-corrected chi connectivity index (χ4v) is 4.73. The van der Waals surface area contributed by atoms with E-state index >= 15 is 0 Å². The first-order valence-corrected chi connectivity index (χ1v) is 10.6. The van der Waals surface area contributed by atoms with Crippen molar-refractivity contribution in [3.63, 3.8) is 0 Å². The number of carbonyl (C=O) groups excluding carboxylic acids is 3. The van der Waals surface area contributed by atoms with E-state index in [4.69, 9.17) is 37.4 Å². The van der Waals surface area contributed by atoms with Crippen LogP contribution in [-0.2, 0) is 28.6 Å². The molecular formula is C19H19BrCl2N2O6. The van der Waals surface area contributed by atoms with E-state index in [-0.39, 0.29) is 12.5 Å². The molecule has 1 heterocycles. The minimum atomic E-state index is -0.824. The van der Waals surface area contributed by atoms with Crippen molar-refractivity contribution < 1.29 is 28.6 Å². The van der Waals surface area contributed by atoms with Crippen LogP contribution in [0.4, 0.5) is 0 Å². The number of esters is 3. The molecule has 0 N–H and O–H groups in total. The number of carbonyl (C=O) groups is 3. The zero-order chi connectivity index (χ0) is 22.2. The lowest BCUT2D eigenvalue weighted by atomic mass is 10.1. The molecule has 1 aliphatic rings. The number of fused-ring (bicyclic) bond motifs is 1. The van der Waals surface area contributed by atoms with Gasteiger partial charge in [0, 0.05) is 26.7 Å². The summed E-state index contributed by atoms with van der Waals surface area (Å²) < 4.78 is 18.5. The molecule has 1 saturated carbocycles. The van der Waals surface area contributed by atoms with E-state index in [0.717, 1.165) is 0 Å². The molecule has 1 fully saturated rings. The molecule has 4 atom stereocenters. The number of ether oxygens (including phenoxy) is 3. The highest BCUT2D eigenvalue weighted by atomic mass is 79.9. The Hall–Kier alpha value is -1.84. The minimum absolute atomic E-state index is 0.0123. The molecule has 30 heavy (non-hydrogen) atoms. The Morgan fingerprint density at radius 1 is 1.07 bits per heavy atom. The summed E-state index contributed by atoms with van der Waals surface area (Å²) in [6.07, 6.45) is -1.23. The van der Waals surface area contributed by atoms with Gasteiger partial charge in [0.1, 0.15) is 6.10 Å². The van der Waals surface area contributed by atoms with Crippen LogP contribution < -0.4 is 0 Å². The summed E-state index contributed by atoms with van der Waals surface area (Å²) in [6, 6.07) is 2.84. The van der Waals surface area contributed by atoms with Crippen molar-refractivity contribution in [2.24, 2.45) is 5.92 Å². The number of hydrogen-bond donors (Lipinski definition) is 0. The number of halogens is 3. The number of rotatable bonds is 5. The molecule has 0 bridgehead atoms. The van der Waals surface area contributed by atoms with Gasteiger partial charge in [0.25, 0.3) is 0 Å². The maximum absolute atomic E-state index is 11.8. The molecule has 1 aromatic heterocycles. The van der Waals surface area contributed by atoms with Gasteiger partial charge in [-0.3, -0.25) is 14.4 Å². The largest absolute Gasteiger partial charge is 0.465 e. The normalized spacial score (nSPS) is 23.4. The summed E-state index contributed by atoms with van der Waals surface area (Å²) in [5.74, 6) is -1.91.